The van der Waals surface area contributed by atoms with Crippen LogP contribution in [0.1, 0.15) is 18.9 Å². The largest absolute Gasteiger partial charge is 0.377 e. The van der Waals surface area contributed by atoms with Gasteiger partial charge in [0.2, 0.25) is 0 Å². The van der Waals surface area contributed by atoms with Crippen molar-refractivity contribution in [3.63, 3.8) is 0 Å². The zero-order valence-electron chi connectivity index (χ0n) is 8.40. The lowest BCUT2D eigenvalue weighted by molar-refractivity contribution is -0.384. The van der Waals surface area contributed by atoms with Crippen LogP contribution in [0, 0.1) is 10.1 Å². The maximum atomic E-state index is 10.5. The van der Waals surface area contributed by atoms with Crippen LogP contribution in [-0.4, -0.2) is 11.5 Å². The van der Waals surface area contributed by atoms with Gasteiger partial charge in [-0.15, -0.1) is 0 Å². The van der Waals surface area contributed by atoms with Gasteiger partial charge in [0.15, 0.2) is 0 Å². The molecule has 5 heteroatoms. The Morgan fingerprint density at radius 2 is 2.27 bits per heavy atom. The molecule has 0 N–H and O–H groups in total. The SMILES string of the molecule is CCCOCc1cc([N+](=O)[O-])ccc1Cl. The molecule has 0 fully saturated rings. The van der Waals surface area contributed by atoms with Crippen LogP contribution in [0.25, 0.3) is 0 Å². The molecule has 0 radical (unpaired) electrons. The van der Waals surface area contributed by atoms with Gasteiger partial charge in [-0.3, -0.25) is 10.1 Å². The van der Waals surface area contributed by atoms with Gasteiger partial charge < -0.3 is 4.74 Å². The first-order valence-electron chi connectivity index (χ1n) is 4.65. The van der Waals surface area contributed by atoms with Gasteiger partial charge in [-0.25, -0.2) is 0 Å². The maximum Gasteiger partial charge on any atom is 0.269 e. The molecule has 15 heavy (non-hydrogen) atoms. The Morgan fingerprint density at radius 3 is 2.87 bits per heavy atom. The third kappa shape index (κ3) is 3.49. The van der Waals surface area contributed by atoms with Gasteiger partial charge in [-0.05, 0) is 12.5 Å². The van der Waals surface area contributed by atoms with Crippen LogP contribution < -0.4 is 0 Å². The van der Waals surface area contributed by atoms with Crippen LogP contribution >= 0.6 is 11.6 Å². The lowest BCUT2D eigenvalue weighted by Crippen LogP contribution is -1.96. The lowest BCUT2D eigenvalue weighted by Gasteiger charge is -2.04. The van der Waals surface area contributed by atoms with Crippen LogP contribution in [0.5, 0.6) is 0 Å². The minimum Gasteiger partial charge on any atom is -0.377 e. The van der Waals surface area contributed by atoms with Crippen LogP contribution in [0.15, 0.2) is 18.2 Å². The second kappa shape index (κ2) is 5.68. The summed E-state index contributed by atoms with van der Waals surface area (Å²) in [5.41, 5.74) is 0.689. The molecule has 4 nitrogen and oxygen atoms in total. The fraction of sp³-hybridized carbons (Fsp3) is 0.400. The summed E-state index contributed by atoms with van der Waals surface area (Å²) in [6.07, 6.45) is 0.909. The quantitative estimate of drug-likeness (QED) is 0.443. The fourth-order valence-electron chi connectivity index (χ4n) is 1.11. The zero-order chi connectivity index (χ0) is 11.3. The van der Waals surface area contributed by atoms with Gasteiger partial charge in [-0.1, -0.05) is 18.5 Å². The molecular formula is C10H12ClNO3. The Labute approximate surface area is 93.0 Å². The average Bonchev–Trinajstić information content (AvgIpc) is 2.20. The first-order valence-corrected chi connectivity index (χ1v) is 5.03. The molecule has 0 spiro atoms. The predicted octanol–water partition coefficient (Wildman–Crippen LogP) is 3.17. The minimum atomic E-state index is -0.445. The van der Waals surface area contributed by atoms with E-state index in [2.05, 4.69) is 0 Å². The molecule has 82 valence electrons. The molecule has 0 aromatic heterocycles. The number of rotatable bonds is 5. The van der Waals surface area contributed by atoms with E-state index in [4.69, 9.17) is 16.3 Å². The summed E-state index contributed by atoms with van der Waals surface area (Å²) in [4.78, 5) is 10.1. The van der Waals surface area contributed by atoms with Crippen molar-refractivity contribution in [1.82, 2.24) is 0 Å². The Kier molecular flexibility index (Phi) is 4.52. The number of nitro groups is 1. The molecular weight excluding hydrogens is 218 g/mol. The van der Waals surface area contributed by atoms with E-state index < -0.39 is 4.92 Å². The van der Waals surface area contributed by atoms with Crippen molar-refractivity contribution in [2.75, 3.05) is 6.61 Å². The third-order valence-electron chi connectivity index (χ3n) is 1.85. The second-order valence-corrected chi connectivity index (χ2v) is 3.49. The van der Waals surface area contributed by atoms with E-state index in [1.807, 2.05) is 6.92 Å². The van der Waals surface area contributed by atoms with E-state index in [0.29, 0.717) is 23.8 Å². The molecule has 0 aliphatic rings. The number of benzene rings is 1. The molecule has 0 heterocycles. The average molecular weight is 230 g/mol. The van der Waals surface area contributed by atoms with E-state index in [0.717, 1.165) is 6.42 Å². The van der Waals surface area contributed by atoms with Gasteiger partial charge in [0.1, 0.15) is 0 Å². The Bertz CT molecular complexity index is 355. The molecule has 1 aromatic carbocycles. The molecule has 1 aromatic rings. The molecule has 0 aliphatic carbocycles. The summed E-state index contributed by atoms with van der Waals surface area (Å²) in [5, 5.41) is 11.0. The van der Waals surface area contributed by atoms with Gasteiger partial charge >= 0.3 is 0 Å². The molecule has 0 bridgehead atoms. The second-order valence-electron chi connectivity index (χ2n) is 3.09. The van der Waals surface area contributed by atoms with Crippen molar-refractivity contribution >= 4 is 17.3 Å². The van der Waals surface area contributed by atoms with Crippen molar-refractivity contribution in [1.29, 1.82) is 0 Å². The normalized spacial score (nSPS) is 10.3. The highest BCUT2D eigenvalue weighted by Gasteiger charge is 2.09. The van der Waals surface area contributed by atoms with Crippen molar-refractivity contribution in [3.05, 3.63) is 38.9 Å². The summed E-state index contributed by atoms with van der Waals surface area (Å²) in [6.45, 7) is 2.93. The number of nitro benzene ring substituents is 1. The van der Waals surface area contributed by atoms with E-state index >= 15 is 0 Å². The van der Waals surface area contributed by atoms with Crippen molar-refractivity contribution in [2.24, 2.45) is 0 Å². The Morgan fingerprint density at radius 1 is 1.53 bits per heavy atom. The highest BCUT2D eigenvalue weighted by atomic mass is 35.5. The topological polar surface area (TPSA) is 52.4 Å². The molecule has 1 rings (SSSR count). The predicted molar refractivity (Wildman–Crippen MR) is 58.1 cm³/mol. The molecule has 0 amide bonds. The molecule has 0 aliphatic heterocycles. The smallest absolute Gasteiger partial charge is 0.269 e. The monoisotopic (exact) mass is 229 g/mol. The van der Waals surface area contributed by atoms with E-state index in [1.54, 1.807) is 0 Å². The van der Waals surface area contributed by atoms with Crippen molar-refractivity contribution in [2.45, 2.75) is 20.0 Å². The highest BCUT2D eigenvalue weighted by molar-refractivity contribution is 6.31. The van der Waals surface area contributed by atoms with Gasteiger partial charge in [0.25, 0.3) is 5.69 Å². The molecule has 0 atom stereocenters. The Hall–Kier alpha value is -1.13. The Balaban J connectivity index is 2.76. The van der Waals surface area contributed by atoms with E-state index in [-0.39, 0.29) is 5.69 Å². The van der Waals surface area contributed by atoms with Crippen LogP contribution in [0.2, 0.25) is 5.02 Å². The summed E-state index contributed by atoms with van der Waals surface area (Å²) in [5.74, 6) is 0. The zero-order valence-corrected chi connectivity index (χ0v) is 9.16. The van der Waals surface area contributed by atoms with Gasteiger partial charge in [0, 0.05) is 29.3 Å². The standard InChI is InChI=1S/C10H12ClNO3/c1-2-5-15-7-8-6-9(12(13)14)3-4-10(8)11/h3-4,6H,2,5,7H2,1H3. The summed E-state index contributed by atoms with van der Waals surface area (Å²) in [7, 11) is 0. The van der Waals surface area contributed by atoms with Crippen LogP contribution in [-0.2, 0) is 11.3 Å². The summed E-state index contributed by atoms with van der Waals surface area (Å²) < 4.78 is 5.28. The van der Waals surface area contributed by atoms with Crippen LogP contribution in [0.4, 0.5) is 5.69 Å². The van der Waals surface area contributed by atoms with E-state index in [9.17, 15) is 10.1 Å². The maximum absolute atomic E-state index is 10.5. The van der Waals surface area contributed by atoms with Gasteiger partial charge in [0.05, 0.1) is 11.5 Å². The third-order valence-corrected chi connectivity index (χ3v) is 2.21. The number of nitrogens with zero attached hydrogens (tertiary/aromatic N) is 1. The minimum absolute atomic E-state index is 0.0366. The lowest BCUT2D eigenvalue weighted by atomic mass is 10.2. The first-order chi connectivity index (χ1) is 7.15. The van der Waals surface area contributed by atoms with Crippen molar-refractivity contribution < 1.29 is 9.66 Å². The highest BCUT2D eigenvalue weighted by Crippen LogP contribution is 2.22. The first kappa shape index (κ1) is 11.9. The number of hydrogen-bond donors (Lipinski definition) is 0. The van der Waals surface area contributed by atoms with Gasteiger partial charge in [-0.2, -0.15) is 0 Å². The molecule has 0 unspecified atom stereocenters. The number of non-ortho nitro benzene ring substituents is 1. The van der Waals surface area contributed by atoms with Crippen LogP contribution in [0.3, 0.4) is 0 Å². The van der Waals surface area contributed by atoms with Crippen molar-refractivity contribution in [3.8, 4) is 0 Å². The summed E-state index contributed by atoms with van der Waals surface area (Å²) in [6, 6.07) is 4.34. The molecule has 0 saturated carbocycles. The van der Waals surface area contributed by atoms with E-state index in [1.165, 1.54) is 18.2 Å². The number of halogens is 1. The molecule has 0 saturated heterocycles. The summed E-state index contributed by atoms with van der Waals surface area (Å²) >= 11 is 5.88. The number of hydrogen-bond acceptors (Lipinski definition) is 3. The fourth-order valence-corrected chi connectivity index (χ4v) is 1.28. The number of ether oxygens (including phenoxy) is 1.